The molecule has 0 amide bonds. The minimum absolute atomic E-state index is 0.269. The number of nitrogens with one attached hydrogen (secondary N) is 1. The van der Waals surface area contributed by atoms with Crippen LogP contribution >= 0.6 is 0 Å². The van der Waals surface area contributed by atoms with Crippen LogP contribution in [0.15, 0.2) is 30.5 Å². The fourth-order valence-electron chi connectivity index (χ4n) is 4.03. The molecule has 0 saturated heterocycles. The summed E-state index contributed by atoms with van der Waals surface area (Å²) in [5.41, 5.74) is 1.66. The third kappa shape index (κ3) is 2.81. The van der Waals surface area contributed by atoms with Crippen LogP contribution < -0.4 is 10.2 Å². The van der Waals surface area contributed by atoms with Crippen molar-refractivity contribution in [1.82, 2.24) is 24.7 Å². The first-order valence-corrected chi connectivity index (χ1v) is 9.26. The molecule has 0 radical (unpaired) electrons. The molecule has 1 aromatic carbocycles. The van der Waals surface area contributed by atoms with E-state index in [0.717, 1.165) is 41.7 Å². The van der Waals surface area contributed by atoms with E-state index in [0.29, 0.717) is 18.5 Å². The molecule has 5 rings (SSSR count). The van der Waals surface area contributed by atoms with Gasteiger partial charge in [0.15, 0.2) is 11.6 Å². The third-order valence-electron chi connectivity index (χ3n) is 5.33. The minimum atomic E-state index is -0.269. The van der Waals surface area contributed by atoms with E-state index in [1.54, 1.807) is 12.1 Å². The smallest absolute Gasteiger partial charge is 0.229 e. The van der Waals surface area contributed by atoms with E-state index >= 15 is 0 Å². The first kappa shape index (κ1) is 16.2. The van der Waals surface area contributed by atoms with Gasteiger partial charge in [0.05, 0.1) is 12.7 Å². The summed E-state index contributed by atoms with van der Waals surface area (Å²) in [5, 5.41) is 11.7. The fourth-order valence-corrected chi connectivity index (χ4v) is 4.03. The van der Waals surface area contributed by atoms with E-state index < -0.39 is 0 Å². The van der Waals surface area contributed by atoms with Crippen LogP contribution in [0.3, 0.4) is 0 Å². The second kappa shape index (κ2) is 6.29. The van der Waals surface area contributed by atoms with Crippen LogP contribution in [0.25, 0.3) is 5.69 Å². The summed E-state index contributed by atoms with van der Waals surface area (Å²) in [4.78, 5) is 11.6. The van der Waals surface area contributed by atoms with Crippen molar-refractivity contribution in [3.63, 3.8) is 0 Å². The van der Waals surface area contributed by atoms with Gasteiger partial charge < -0.3 is 10.2 Å². The maximum atomic E-state index is 13.1. The van der Waals surface area contributed by atoms with Crippen molar-refractivity contribution in [2.24, 2.45) is 0 Å². The number of aromatic nitrogens is 5. The van der Waals surface area contributed by atoms with Crippen LogP contribution in [0, 0.1) is 12.7 Å². The quantitative estimate of drug-likeness (QED) is 0.766. The Balaban J connectivity index is 1.55. The van der Waals surface area contributed by atoms with E-state index in [1.165, 1.54) is 25.0 Å². The zero-order valence-electron chi connectivity index (χ0n) is 15.1. The number of rotatable bonds is 3. The van der Waals surface area contributed by atoms with Crippen molar-refractivity contribution in [2.75, 3.05) is 10.2 Å². The molecule has 2 aromatic heterocycles. The van der Waals surface area contributed by atoms with Gasteiger partial charge in [-0.3, -0.25) is 4.57 Å². The molecule has 2 aliphatic rings. The summed E-state index contributed by atoms with van der Waals surface area (Å²) < 4.78 is 15.2. The first-order chi connectivity index (χ1) is 13.2. The Morgan fingerprint density at radius 1 is 1.11 bits per heavy atom. The van der Waals surface area contributed by atoms with E-state index in [1.807, 2.05) is 17.7 Å². The van der Waals surface area contributed by atoms with E-state index in [9.17, 15) is 4.39 Å². The molecule has 8 heteroatoms. The zero-order valence-corrected chi connectivity index (χ0v) is 15.1. The molecule has 1 fully saturated rings. The highest BCUT2D eigenvalue weighted by atomic mass is 19.1. The summed E-state index contributed by atoms with van der Waals surface area (Å²) in [6, 6.07) is 6.64. The fraction of sp³-hybridized carbons (Fsp3) is 0.368. The minimum Gasteiger partial charge on any atom is -0.344 e. The number of fused-ring (bicyclic) bond motifs is 3. The first-order valence-electron chi connectivity index (χ1n) is 9.26. The molecule has 3 heterocycles. The molecule has 138 valence electrons. The number of nitrogens with zero attached hydrogens (tertiary/aromatic N) is 6. The molecule has 7 nitrogen and oxygen atoms in total. The number of aryl methyl sites for hydroxylation is 1. The summed E-state index contributed by atoms with van der Waals surface area (Å²) >= 11 is 0. The Labute approximate surface area is 156 Å². The normalized spacial score (nSPS) is 16.3. The average Bonchev–Trinajstić information content (AvgIpc) is 3.33. The van der Waals surface area contributed by atoms with Gasteiger partial charge in [0.2, 0.25) is 5.95 Å². The maximum absolute atomic E-state index is 13.1. The predicted molar refractivity (Wildman–Crippen MR) is 99.8 cm³/mol. The molecule has 0 atom stereocenters. The molecule has 27 heavy (non-hydrogen) atoms. The lowest BCUT2D eigenvalue weighted by molar-refractivity contribution is 0.566. The average molecular weight is 365 g/mol. The van der Waals surface area contributed by atoms with Gasteiger partial charge in [0.25, 0.3) is 0 Å². The summed E-state index contributed by atoms with van der Waals surface area (Å²) in [5.74, 6) is 2.89. The van der Waals surface area contributed by atoms with E-state index in [2.05, 4.69) is 25.4 Å². The van der Waals surface area contributed by atoms with Crippen molar-refractivity contribution in [3.05, 3.63) is 47.9 Å². The molecule has 1 N–H and O–H groups in total. The topological polar surface area (TPSA) is 71.8 Å². The summed E-state index contributed by atoms with van der Waals surface area (Å²) in [6.07, 6.45) is 6.63. The highest BCUT2D eigenvalue weighted by molar-refractivity contribution is 5.64. The van der Waals surface area contributed by atoms with Crippen molar-refractivity contribution in [1.29, 1.82) is 0 Å². The Kier molecular flexibility index (Phi) is 3.77. The predicted octanol–water partition coefficient (Wildman–Crippen LogP) is 3.51. The third-order valence-corrected chi connectivity index (χ3v) is 5.33. The largest absolute Gasteiger partial charge is 0.344 e. The summed E-state index contributed by atoms with van der Waals surface area (Å²) in [6.45, 7) is 2.64. The van der Waals surface area contributed by atoms with Crippen LogP contribution in [0.2, 0.25) is 0 Å². The Morgan fingerprint density at radius 3 is 2.67 bits per heavy atom. The Bertz CT molecular complexity index is 976. The number of benzene rings is 1. The van der Waals surface area contributed by atoms with Gasteiger partial charge in [-0.05, 0) is 44.0 Å². The van der Waals surface area contributed by atoms with Gasteiger partial charge in [0.1, 0.15) is 17.3 Å². The van der Waals surface area contributed by atoms with Crippen LogP contribution in [-0.2, 0) is 6.54 Å². The molecule has 3 aromatic rings. The zero-order chi connectivity index (χ0) is 18.4. The van der Waals surface area contributed by atoms with Crippen LogP contribution in [0.5, 0.6) is 0 Å². The maximum Gasteiger partial charge on any atom is 0.229 e. The van der Waals surface area contributed by atoms with Crippen LogP contribution in [0.1, 0.15) is 37.3 Å². The number of halogens is 1. The van der Waals surface area contributed by atoms with Crippen molar-refractivity contribution in [2.45, 2.75) is 45.2 Å². The molecule has 0 unspecified atom stereocenters. The highest BCUT2D eigenvalue weighted by Crippen LogP contribution is 2.36. The van der Waals surface area contributed by atoms with Crippen LogP contribution in [0.4, 0.5) is 21.8 Å². The van der Waals surface area contributed by atoms with Gasteiger partial charge in [-0.1, -0.05) is 12.8 Å². The Hall–Kier alpha value is -3.03. The molecular weight excluding hydrogens is 345 g/mol. The number of hydrogen-bond donors (Lipinski definition) is 1. The molecule has 1 saturated carbocycles. The number of anilines is 3. The molecule has 0 bridgehead atoms. The van der Waals surface area contributed by atoms with Crippen LogP contribution in [-0.4, -0.2) is 30.8 Å². The van der Waals surface area contributed by atoms with Gasteiger partial charge in [-0.2, -0.15) is 4.98 Å². The highest BCUT2D eigenvalue weighted by Gasteiger charge is 2.33. The van der Waals surface area contributed by atoms with Gasteiger partial charge in [-0.25, -0.2) is 9.37 Å². The molecule has 1 aliphatic carbocycles. The van der Waals surface area contributed by atoms with E-state index in [-0.39, 0.29) is 5.82 Å². The second-order valence-corrected chi connectivity index (χ2v) is 7.10. The molecule has 0 spiro atoms. The lowest BCUT2D eigenvalue weighted by Crippen LogP contribution is -2.38. The van der Waals surface area contributed by atoms with Crippen molar-refractivity contribution in [3.8, 4) is 5.69 Å². The lowest BCUT2D eigenvalue weighted by atomic mass is 10.1. The molecular formula is C19H20FN7. The van der Waals surface area contributed by atoms with Gasteiger partial charge in [0, 0.05) is 11.7 Å². The van der Waals surface area contributed by atoms with Gasteiger partial charge in [-0.15, -0.1) is 10.2 Å². The van der Waals surface area contributed by atoms with E-state index in [4.69, 9.17) is 4.98 Å². The Morgan fingerprint density at radius 2 is 1.89 bits per heavy atom. The number of hydrogen-bond acceptors (Lipinski definition) is 6. The summed E-state index contributed by atoms with van der Waals surface area (Å²) in [7, 11) is 0. The lowest BCUT2D eigenvalue weighted by Gasteiger charge is -2.35. The second-order valence-electron chi connectivity index (χ2n) is 7.10. The standard InChI is InChI=1S/C19H20FN7/c1-12-24-25-17-11-26(15-4-2-3-5-15)18-16(27(12)17)10-21-19(23-18)22-14-8-6-13(20)7-9-14/h6-10,15H,2-5,11H2,1H3,(H,21,22,23). The van der Waals surface area contributed by atoms with Crippen molar-refractivity contribution >= 4 is 17.5 Å². The SMILES string of the molecule is Cc1nnc2n1-c1cnc(Nc3ccc(F)cc3)nc1N(C1CCCC1)C2. The monoisotopic (exact) mass is 365 g/mol. The molecule has 1 aliphatic heterocycles. The van der Waals surface area contributed by atoms with Gasteiger partial charge >= 0.3 is 0 Å². The van der Waals surface area contributed by atoms with Crippen molar-refractivity contribution < 1.29 is 4.39 Å².